The monoisotopic (exact) mass is 244 g/mol. The first-order valence-electron chi connectivity index (χ1n) is 6.47. The molecule has 0 spiro atoms. The maximum Gasteiger partial charge on any atom is 0.273 e. The van der Waals surface area contributed by atoms with Crippen LogP contribution in [-0.2, 0) is 11.3 Å². The number of benzene rings is 1. The quantitative estimate of drug-likeness (QED) is 0.757. The Kier molecular flexibility index (Phi) is 2.78. The van der Waals surface area contributed by atoms with Crippen molar-refractivity contribution in [3.8, 4) is 0 Å². The SMILES string of the molecule is O=C1CCCCCN1N1Cc2ccccc2C1=O. The molecule has 4 nitrogen and oxygen atoms in total. The normalized spacial score (nSPS) is 20.0. The van der Waals surface area contributed by atoms with Gasteiger partial charge in [-0.2, -0.15) is 0 Å². The van der Waals surface area contributed by atoms with Gasteiger partial charge >= 0.3 is 0 Å². The standard InChI is InChI=1S/C14H16N2O2/c17-13-8-2-1-5-9-15(13)16-10-11-6-3-4-7-12(11)14(16)18/h3-4,6-7H,1-2,5,8-10H2. The lowest BCUT2D eigenvalue weighted by Gasteiger charge is -2.30. The van der Waals surface area contributed by atoms with E-state index in [0.717, 1.165) is 30.4 Å². The molecule has 0 atom stereocenters. The summed E-state index contributed by atoms with van der Waals surface area (Å²) < 4.78 is 0. The fourth-order valence-electron chi connectivity index (χ4n) is 2.66. The van der Waals surface area contributed by atoms with Crippen LogP contribution in [0, 0.1) is 0 Å². The fraction of sp³-hybridized carbons (Fsp3) is 0.429. The number of carbonyl (C=O) groups excluding carboxylic acids is 2. The molecule has 2 amide bonds. The van der Waals surface area contributed by atoms with Crippen molar-refractivity contribution in [2.24, 2.45) is 0 Å². The smallest absolute Gasteiger partial charge is 0.273 e. The summed E-state index contributed by atoms with van der Waals surface area (Å²) >= 11 is 0. The van der Waals surface area contributed by atoms with E-state index in [1.807, 2.05) is 24.3 Å². The Bertz CT molecular complexity index is 498. The topological polar surface area (TPSA) is 40.6 Å². The summed E-state index contributed by atoms with van der Waals surface area (Å²) in [5, 5.41) is 3.26. The Morgan fingerprint density at radius 3 is 2.61 bits per heavy atom. The lowest BCUT2D eigenvalue weighted by atomic mass is 10.1. The minimum Gasteiger partial charge on any atom is -0.273 e. The highest BCUT2D eigenvalue weighted by molar-refractivity contribution is 5.99. The first kappa shape index (κ1) is 11.3. The largest absolute Gasteiger partial charge is 0.273 e. The summed E-state index contributed by atoms with van der Waals surface area (Å²) in [4.78, 5) is 24.3. The zero-order chi connectivity index (χ0) is 12.5. The summed E-state index contributed by atoms with van der Waals surface area (Å²) in [5.74, 6) is 0.0366. The Morgan fingerprint density at radius 1 is 0.944 bits per heavy atom. The van der Waals surface area contributed by atoms with Crippen molar-refractivity contribution in [2.45, 2.75) is 32.2 Å². The first-order valence-corrected chi connectivity index (χ1v) is 6.47. The molecule has 1 aromatic rings. The molecule has 18 heavy (non-hydrogen) atoms. The van der Waals surface area contributed by atoms with Gasteiger partial charge in [0.2, 0.25) is 5.91 Å². The van der Waals surface area contributed by atoms with Gasteiger partial charge in [0.15, 0.2) is 0 Å². The molecule has 0 bridgehead atoms. The van der Waals surface area contributed by atoms with Gasteiger partial charge in [-0.25, -0.2) is 5.01 Å². The van der Waals surface area contributed by atoms with Crippen LogP contribution in [0.15, 0.2) is 24.3 Å². The summed E-state index contributed by atoms with van der Waals surface area (Å²) in [6.07, 6.45) is 3.54. The molecule has 94 valence electrons. The summed E-state index contributed by atoms with van der Waals surface area (Å²) in [7, 11) is 0. The molecule has 3 rings (SSSR count). The number of rotatable bonds is 1. The first-order chi connectivity index (χ1) is 8.77. The van der Waals surface area contributed by atoms with Gasteiger partial charge < -0.3 is 0 Å². The van der Waals surface area contributed by atoms with E-state index in [4.69, 9.17) is 0 Å². The Hall–Kier alpha value is -1.84. The van der Waals surface area contributed by atoms with Crippen LogP contribution >= 0.6 is 0 Å². The Balaban J connectivity index is 1.87. The van der Waals surface area contributed by atoms with Crippen LogP contribution in [0.25, 0.3) is 0 Å². The van der Waals surface area contributed by atoms with Gasteiger partial charge in [0, 0.05) is 18.5 Å². The van der Waals surface area contributed by atoms with Crippen LogP contribution in [0.1, 0.15) is 41.6 Å². The number of hydrogen-bond donors (Lipinski definition) is 0. The van der Waals surface area contributed by atoms with Crippen molar-refractivity contribution >= 4 is 11.8 Å². The highest BCUT2D eigenvalue weighted by Gasteiger charge is 2.33. The van der Waals surface area contributed by atoms with Gasteiger partial charge in [-0.05, 0) is 24.5 Å². The van der Waals surface area contributed by atoms with Gasteiger partial charge in [0.05, 0.1) is 6.54 Å². The molecule has 1 aromatic carbocycles. The predicted octanol–water partition coefficient (Wildman–Crippen LogP) is 1.96. The Labute approximate surface area is 106 Å². The van der Waals surface area contributed by atoms with Crippen LogP contribution in [0.2, 0.25) is 0 Å². The minimum atomic E-state index is -0.0409. The third-order valence-electron chi connectivity index (χ3n) is 3.64. The van der Waals surface area contributed by atoms with Crippen LogP contribution in [0.3, 0.4) is 0 Å². The van der Waals surface area contributed by atoms with Crippen molar-refractivity contribution in [2.75, 3.05) is 6.54 Å². The maximum atomic E-state index is 12.3. The molecule has 2 aliphatic heterocycles. The maximum absolute atomic E-state index is 12.3. The zero-order valence-corrected chi connectivity index (χ0v) is 10.3. The lowest BCUT2D eigenvalue weighted by Crippen LogP contribution is -2.46. The van der Waals surface area contributed by atoms with Gasteiger partial charge in [0.1, 0.15) is 0 Å². The van der Waals surface area contributed by atoms with E-state index < -0.39 is 0 Å². The van der Waals surface area contributed by atoms with E-state index in [9.17, 15) is 9.59 Å². The third-order valence-corrected chi connectivity index (χ3v) is 3.64. The predicted molar refractivity (Wildman–Crippen MR) is 66.5 cm³/mol. The van der Waals surface area contributed by atoms with Crippen molar-refractivity contribution in [3.63, 3.8) is 0 Å². The van der Waals surface area contributed by atoms with Crippen molar-refractivity contribution < 1.29 is 9.59 Å². The number of hydrazine groups is 1. The minimum absolute atomic E-state index is 0.0409. The molecule has 0 aliphatic carbocycles. The molecule has 0 radical (unpaired) electrons. The van der Waals surface area contributed by atoms with E-state index in [1.165, 1.54) is 0 Å². The fourth-order valence-corrected chi connectivity index (χ4v) is 2.66. The lowest BCUT2D eigenvalue weighted by molar-refractivity contribution is -0.144. The molecule has 2 aliphatic rings. The molecular weight excluding hydrogens is 228 g/mol. The molecule has 0 saturated carbocycles. The molecule has 1 fully saturated rings. The summed E-state index contributed by atoms with van der Waals surface area (Å²) in [5.41, 5.74) is 1.74. The zero-order valence-electron chi connectivity index (χ0n) is 10.3. The van der Waals surface area contributed by atoms with E-state index in [-0.39, 0.29) is 11.8 Å². The van der Waals surface area contributed by atoms with Crippen LogP contribution in [-0.4, -0.2) is 28.4 Å². The molecule has 1 saturated heterocycles. The van der Waals surface area contributed by atoms with Crippen molar-refractivity contribution in [1.29, 1.82) is 0 Å². The highest BCUT2D eigenvalue weighted by Crippen LogP contribution is 2.25. The number of fused-ring (bicyclic) bond motifs is 1. The van der Waals surface area contributed by atoms with Gasteiger partial charge in [-0.15, -0.1) is 0 Å². The summed E-state index contributed by atoms with van der Waals surface area (Å²) in [6.45, 7) is 1.19. The van der Waals surface area contributed by atoms with Gasteiger partial charge in [0.25, 0.3) is 5.91 Å². The van der Waals surface area contributed by atoms with Gasteiger partial charge in [-0.1, -0.05) is 24.6 Å². The van der Waals surface area contributed by atoms with Crippen LogP contribution < -0.4 is 0 Å². The van der Waals surface area contributed by atoms with E-state index in [1.54, 1.807) is 10.0 Å². The number of carbonyl (C=O) groups is 2. The van der Waals surface area contributed by atoms with E-state index in [0.29, 0.717) is 19.5 Å². The van der Waals surface area contributed by atoms with E-state index >= 15 is 0 Å². The second kappa shape index (κ2) is 4.44. The number of hydrogen-bond acceptors (Lipinski definition) is 2. The average molecular weight is 244 g/mol. The van der Waals surface area contributed by atoms with Crippen LogP contribution in [0.4, 0.5) is 0 Å². The van der Waals surface area contributed by atoms with Crippen LogP contribution in [0.5, 0.6) is 0 Å². The molecule has 4 heteroatoms. The second-order valence-electron chi connectivity index (χ2n) is 4.85. The van der Waals surface area contributed by atoms with E-state index in [2.05, 4.69) is 0 Å². The van der Waals surface area contributed by atoms with Crippen molar-refractivity contribution in [3.05, 3.63) is 35.4 Å². The molecule has 0 aromatic heterocycles. The van der Waals surface area contributed by atoms with Crippen molar-refractivity contribution in [1.82, 2.24) is 10.0 Å². The molecular formula is C14H16N2O2. The average Bonchev–Trinajstić information content (AvgIpc) is 2.57. The molecule has 0 unspecified atom stereocenters. The highest BCUT2D eigenvalue weighted by atomic mass is 16.2. The third kappa shape index (κ3) is 1.78. The molecule has 2 heterocycles. The Morgan fingerprint density at radius 2 is 1.78 bits per heavy atom. The second-order valence-corrected chi connectivity index (χ2v) is 4.85. The number of nitrogens with zero attached hydrogens (tertiary/aromatic N) is 2. The molecule has 0 N–H and O–H groups in total. The van der Waals surface area contributed by atoms with Gasteiger partial charge in [-0.3, -0.25) is 14.6 Å². The summed E-state index contributed by atoms with van der Waals surface area (Å²) in [6, 6.07) is 7.58. The number of amides is 2.